The summed E-state index contributed by atoms with van der Waals surface area (Å²) in [5, 5.41) is 0. The molecule has 1 saturated carbocycles. The molecule has 5 atom stereocenters. The SMILES string of the molecule is CC(=O)C1CC2C3Cc4cccc(C)c4C2(C)CC1N3C. The number of benzene rings is 1. The van der Waals surface area contributed by atoms with E-state index in [2.05, 4.69) is 44.0 Å². The van der Waals surface area contributed by atoms with Crippen LogP contribution >= 0.6 is 0 Å². The Bertz CT molecular complexity index is 622. The van der Waals surface area contributed by atoms with Crippen LogP contribution in [-0.4, -0.2) is 29.8 Å². The molecule has 0 spiro atoms. The van der Waals surface area contributed by atoms with Crippen LogP contribution < -0.4 is 0 Å². The maximum absolute atomic E-state index is 12.0. The van der Waals surface area contributed by atoms with Crippen molar-refractivity contribution < 1.29 is 4.79 Å². The van der Waals surface area contributed by atoms with E-state index in [0.717, 1.165) is 19.3 Å². The number of aryl methyl sites for hydroxylation is 1. The Morgan fingerprint density at radius 1 is 1.33 bits per heavy atom. The number of carbonyl (C=O) groups is 1. The van der Waals surface area contributed by atoms with E-state index in [0.29, 0.717) is 23.8 Å². The van der Waals surface area contributed by atoms with Gasteiger partial charge in [-0.05, 0) is 68.2 Å². The molecule has 1 aromatic carbocycles. The largest absolute Gasteiger partial charge is 0.300 e. The first-order chi connectivity index (χ1) is 9.93. The second kappa shape index (κ2) is 4.19. The molecule has 5 rings (SSSR count). The molecule has 3 fully saturated rings. The van der Waals surface area contributed by atoms with Crippen molar-refractivity contribution in [1.82, 2.24) is 4.90 Å². The molecule has 2 aliphatic carbocycles. The van der Waals surface area contributed by atoms with Gasteiger partial charge in [0, 0.05) is 18.0 Å². The van der Waals surface area contributed by atoms with Gasteiger partial charge in [-0.3, -0.25) is 9.69 Å². The molecule has 5 unspecified atom stereocenters. The molecule has 2 aliphatic heterocycles. The van der Waals surface area contributed by atoms with Crippen LogP contribution in [0.15, 0.2) is 18.2 Å². The highest BCUT2D eigenvalue weighted by Gasteiger charge is 2.59. The van der Waals surface area contributed by atoms with Crippen LogP contribution in [0.25, 0.3) is 0 Å². The van der Waals surface area contributed by atoms with Crippen molar-refractivity contribution in [2.75, 3.05) is 7.05 Å². The molecular weight excluding hydrogens is 258 g/mol. The molecular formula is C19H25NO. The highest BCUT2D eigenvalue weighted by Crippen LogP contribution is 2.58. The molecule has 21 heavy (non-hydrogen) atoms. The lowest BCUT2D eigenvalue weighted by Gasteiger charge is -2.64. The Morgan fingerprint density at radius 2 is 2.10 bits per heavy atom. The number of hydrogen-bond acceptors (Lipinski definition) is 2. The van der Waals surface area contributed by atoms with E-state index in [1.54, 1.807) is 18.1 Å². The molecule has 2 heterocycles. The maximum Gasteiger partial charge on any atom is 0.134 e. The fourth-order valence-electron chi connectivity index (χ4n) is 5.91. The molecule has 4 bridgehead atoms. The molecule has 1 aromatic rings. The lowest BCUT2D eigenvalue weighted by atomic mass is 9.49. The number of hydrogen-bond donors (Lipinski definition) is 0. The zero-order chi connectivity index (χ0) is 14.9. The van der Waals surface area contributed by atoms with Gasteiger partial charge in [0.05, 0.1) is 0 Å². The summed E-state index contributed by atoms with van der Waals surface area (Å²) in [4.78, 5) is 14.6. The molecule has 2 heteroatoms. The van der Waals surface area contributed by atoms with Crippen molar-refractivity contribution in [2.45, 2.75) is 57.5 Å². The van der Waals surface area contributed by atoms with Crippen LogP contribution in [0.3, 0.4) is 0 Å². The first kappa shape index (κ1) is 13.5. The molecule has 0 radical (unpaired) electrons. The van der Waals surface area contributed by atoms with E-state index in [-0.39, 0.29) is 11.3 Å². The van der Waals surface area contributed by atoms with Gasteiger partial charge < -0.3 is 0 Å². The van der Waals surface area contributed by atoms with Gasteiger partial charge in [-0.25, -0.2) is 0 Å². The van der Waals surface area contributed by atoms with Crippen LogP contribution in [0.1, 0.15) is 43.4 Å². The highest BCUT2D eigenvalue weighted by atomic mass is 16.1. The van der Waals surface area contributed by atoms with E-state index in [1.807, 2.05) is 0 Å². The van der Waals surface area contributed by atoms with Crippen molar-refractivity contribution in [2.24, 2.45) is 11.8 Å². The van der Waals surface area contributed by atoms with Crippen LogP contribution in [0.5, 0.6) is 0 Å². The predicted octanol–water partition coefficient (Wildman–Crippen LogP) is 3.11. The lowest BCUT2D eigenvalue weighted by Crippen LogP contribution is -2.68. The normalized spacial score (nSPS) is 41.0. The Labute approximate surface area is 127 Å². The zero-order valence-corrected chi connectivity index (χ0v) is 13.5. The third-order valence-corrected chi connectivity index (χ3v) is 6.82. The van der Waals surface area contributed by atoms with E-state index in [9.17, 15) is 4.79 Å². The van der Waals surface area contributed by atoms with Crippen molar-refractivity contribution in [1.29, 1.82) is 0 Å². The van der Waals surface area contributed by atoms with Gasteiger partial charge >= 0.3 is 0 Å². The van der Waals surface area contributed by atoms with Crippen LogP contribution in [0, 0.1) is 18.8 Å². The summed E-state index contributed by atoms with van der Waals surface area (Å²) >= 11 is 0. The molecule has 4 aliphatic rings. The smallest absolute Gasteiger partial charge is 0.134 e. The number of piperidine rings is 2. The van der Waals surface area contributed by atoms with Crippen LogP contribution in [0.2, 0.25) is 0 Å². The van der Waals surface area contributed by atoms with Gasteiger partial charge in [0.1, 0.15) is 5.78 Å². The van der Waals surface area contributed by atoms with E-state index in [1.165, 1.54) is 5.56 Å². The van der Waals surface area contributed by atoms with Crippen LogP contribution in [0.4, 0.5) is 0 Å². The second-order valence-corrected chi connectivity index (χ2v) is 7.79. The molecule has 2 saturated heterocycles. The van der Waals surface area contributed by atoms with Gasteiger partial charge in [-0.15, -0.1) is 0 Å². The van der Waals surface area contributed by atoms with Gasteiger partial charge in [0.2, 0.25) is 0 Å². The fraction of sp³-hybridized carbons (Fsp3) is 0.632. The van der Waals surface area contributed by atoms with Crippen molar-refractivity contribution in [3.8, 4) is 0 Å². The third kappa shape index (κ3) is 1.60. The third-order valence-electron chi connectivity index (χ3n) is 6.82. The summed E-state index contributed by atoms with van der Waals surface area (Å²) in [6, 6.07) is 7.85. The minimum Gasteiger partial charge on any atom is -0.300 e. The number of nitrogens with zero attached hydrogens (tertiary/aromatic N) is 1. The summed E-state index contributed by atoms with van der Waals surface area (Å²) in [5.74, 6) is 1.29. The van der Waals surface area contributed by atoms with Gasteiger partial charge in [-0.1, -0.05) is 25.1 Å². The molecule has 2 nitrogen and oxygen atoms in total. The number of ketones is 1. The number of likely N-dealkylation sites (N-methyl/N-ethyl adjacent to an activating group) is 1. The van der Waals surface area contributed by atoms with Gasteiger partial charge in [0.25, 0.3) is 0 Å². The standard InChI is InChI=1S/C19H25NO/c1-11-6-5-7-13-8-16-15-9-14(12(2)21)17(20(16)4)10-19(15,3)18(11)13/h5-7,14-17H,8-10H2,1-4H3. The highest BCUT2D eigenvalue weighted by molar-refractivity contribution is 5.79. The second-order valence-electron chi connectivity index (χ2n) is 7.79. The summed E-state index contributed by atoms with van der Waals surface area (Å²) < 4.78 is 0. The average Bonchev–Trinajstić information content (AvgIpc) is 2.42. The number of Topliss-reactive ketones (excluding diaryl/α,β-unsaturated/α-hetero) is 1. The number of rotatable bonds is 1. The Kier molecular flexibility index (Phi) is 2.70. The van der Waals surface area contributed by atoms with E-state index < -0.39 is 0 Å². The molecule has 0 aromatic heterocycles. The summed E-state index contributed by atoms with van der Waals surface area (Å²) in [7, 11) is 2.25. The first-order valence-corrected chi connectivity index (χ1v) is 8.25. The Hall–Kier alpha value is -1.15. The lowest BCUT2D eigenvalue weighted by molar-refractivity contribution is -0.137. The van der Waals surface area contributed by atoms with Crippen molar-refractivity contribution in [3.63, 3.8) is 0 Å². The van der Waals surface area contributed by atoms with Crippen LogP contribution in [-0.2, 0) is 16.6 Å². The molecule has 0 N–H and O–H groups in total. The minimum atomic E-state index is 0.259. The Balaban J connectivity index is 1.87. The Morgan fingerprint density at radius 3 is 2.81 bits per heavy atom. The van der Waals surface area contributed by atoms with Crippen molar-refractivity contribution >= 4 is 5.78 Å². The number of carbonyl (C=O) groups excluding carboxylic acids is 1. The zero-order valence-electron chi connectivity index (χ0n) is 13.5. The monoisotopic (exact) mass is 283 g/mol. The summed E-state index contributed by atoms with van der Waals surface area (Å²) in [6.07, 6.45) is 3.40. The average molecular weight is 283 g/mol. The quantitative estimate of drug-likeness (QED) is 0.789. The minimum absolute atomic E-state index is 0.259. The first-order valence-electron chi connectivity index (χ1n) is 8.25. The van der Waals surface area contributed by atoms with E-state index >= 15 is 0 Å². The van der Waals surface area contributed by atoms with E-state index in [4.69, 9.17) is 0 Å². The summed E-state index contributed by atoms with van der Waals surface area (Å²) in [6.45, 7) is 6.52. The maximum atomic E-state index is 12.0. The van der Waals surface area contributed by atoms with Gasteiger partial charge in [-0.2, -0.15) is 0 Å². The van der Waals surface area contributed by atoms with Gasteiger partial charge in [0.15, 0.2) is 0 Å². The fourth-order valence-corrected chi connectivity index (χ4v) is 5.91. The summed E-state index contributed by atoms with van der Waals surface area (Å²) in [5.41, 5.74) is 4.87. The number of fused-ring (bicyclic) bond motifs is 2. The molecule has 112 valence electrons. The predicted molar refractivity (Wildman–Crippen MR) is 84.5 cm³/mol. The van der Waals surface area contributed by atoms with Crippen molar-refractivity contribution in [3.05, 3.63) is 34.9 Å². The topological polar surface area (TPSA) is 20.3 Å². The molecule has 0 amide bonds.